The molecular formula is C18H18N2O2. The Morgan fingerprint density at radius 2 is 1.77 bits per heavy atom. The standard InChI is InChI=1S/C18H18N2O2/c1-19-18(22)16-11-12-17(21)20(16)15-10-6-5-9-14(15)13-7-3-2-4-8-13/h2-10,16H,11-12H2,1H3,(H,19,22). The van der Waals surface area contributed by atoms with E-state index in [-0.39, 0.29) is 11.8 Å². The number of nitrogens with zero attached hydrogens (tertiary/aromatic N) is 1. The molecule has 1 unspecified atom stereocenters. The number of nitrogens with one attached hydrogen (secondary N) is 1. The van der Waals surface area contributed by atoms with Crippen LogP contribution in [0.1, 0.15) is 12.8 Å². The third kappa shape index (κ3) is 2.48. The van der Waals surface area contributed by atoms with Crippen LogP contribution in [0, 0.1) is 0 Å². The number of benzene rings is 2. The van der Waals surface area contributed by atoms with Crippen LogP contribution in [0.25, 0.3) is 11.1 Å². The Morgan fingerprint density at radius 3 is 2.50 bits per heavy atom. The van der Waals surface area contributed by atoms with Crippen molar-refractivity contribution in [2.24, 2.45) is 0 Å². The molecule has 0 spiro atoms. The second-order valence-corrected chi connectivity index (χ2v) is 5.32. The number of para-hydroxylation sites is 1. The van der Waals surface area contributed by atoms with Crippen LogP contribution in [0.5, 0.6) is 0 Å². The van der Waals surface area contributed by atoms with E-state index in [4.69, 9.17) is 0 Å². The molecule has 0 aliphatic carbocycles. The number of rotatable bonds is 3. The van der Waals surface area contributed by atoms with Gasteiger partial charge in [-0.15, -0.1) is 0 Å². The Morgan fingerprint density at radius 1 is 1.09 bits per heavy atom. The number of carbonyl (C=O) groups excluding carboxylic acids is 2. The topological polar surface area (TPSA) is 49.4 Å². The lowest BCUT2D eigenvalue weighted by Crippen LogP contribution is -2.43. The van der Waals surface area contributed by atoms with Crippen LogP contribution in [0.4, 0.5) is 5.69 Å². The molecule has 1 atom stereocenters. The average Bonchev–Trinajstić information content (AvgIpc) is 2.96. The predicted molar refractivity (Wildman–Crippen MR) is 86.5 cm³/mol. The summed E-state index contributed by atoms with van der Waals surface area (Å²) >= 11 is 0. The zero-order valence-electron chi connectivity index (χ0n) is 12.5. The van der Waals surface area contributed by atoms with Gasteiger partial charge in [0.25, 0.3) is 0 Å². The Bertz CT molecular complexity index is 697. The first-order valence-corrected chi connectivity index (χ1v) is 7.40. The quantitative estimate of drug-likeness (QED) is 0.946. The van der Waals surface area contributed by atoms with Gasteiger partial charge in [0.15, 0.2) is 0 Å². The van der Waals surface area contributed by atoms with E-state index in [1.165, 1.54) is 0 Å². The molecule has 2 aromatic carbocycles. The summed E-state index contributed by atoms with van der Waals surface area (Å²) < 4.78 is 0. The SMILES string of the molecule is CNC(=O)C1CCC(=O)N1c1ccccc1-c1ccccc1. The molecule has 0 aromatic heterocycles. The molecule has 1 saturated heterocycles. The second-order valence-electron chi connectivity index (χ2n) is 5.32. The summed E-state index contributed by atoms with van der Waals surface area (Å²) in [7, 11) is 1.60. The van der Waals surface area contributed by atoms with Crippen LogP contribution in [0.3, 0.4) is 0 Å². The largest absolute Gasteiger partial charge is 0.357 e. The van der Waals surface area contributed by atoms with Crippen LogP contribution in [-0.2, 0) is 9.59 Å². The summed E-state index contributed by atoms with van der Waals surface area (Å²) in [6, 6.07) is 17.2. The van der Waals surface area contributed by atoms with Crippen LogP contribution in [-0.4, -0.2) is 24.9 Å². The molecule has 1 fully saturated rings. The minimum Gasteiger partial charge on any atom is -0.357 e. The van der Waals surface area contributed by atoms with E-state index in [2.05, 4.69) is 5.32 Å². The van der Waals surface area contributed by atoms with E-state index in [9.17, 15) is 9.59 Å². The zero-order chi connectivity index (χ0) is 15.5. The molecule has 2 aromatic rings. The Kier molecular flexibility index (Phi) is 3.92. The van der Waals surface area contributed by atoms with E-state index in [1.54, 1.807) is 11.9 Å². The lowest BCUT2D eigenvalue weighted by Gasteiger charge is -2.26. The summed E-state index contributed by atoms with van der Waals surface area (Å²) in [5, 5.41) is 2.65. The fourth-order valence-corrected chi connectivity index (χ4v) is 2.95. The van der Waals surface area contributed by atoms with Gasteiger partial charge in [-0.05, 0) is 18.1 Å². The normalized spacial score (nSPS) is 17.6. The molecule has 0 bridgehead atoms. The van der Waals surface area contributed by atoms with E-state index < -0.39 is 6.04 Å². The van der Waals surface area contributed by atoms with Crippen molar-refractivity contribution in [3.63, 3.8) is 0 Å². The van der Waals surface area contributed by atoms with Crippen molar-refractivity contribution in [1.82, 2.24) is 5.32 Å². The third-order valence-electron chi connectivity index (χ3n) is 4.01. The van der Waals surface area contributed by atoms with Gasteiger partial charge < -0.3 is 5.32 Å². The Hall–Kier alpha value is -2.62. The van der Waals surface area contributed by atoms with Crippen LogP contribution in [0.15, 0.2) is 54.6 Å². The van der Waals surface area contributed by atoms with E-state index in [0.717, 1.165) is 16.8 Å². The maximum absolute atomic E-state index is 12.3. The number of carbonyl (C=O) groups is 2. The van der Waals surface area contributed by atoms with E-state index in [1.807, 2.05) is 54.6 Å². The fraction of sp³-hybridized carbons (Fsp3) is 0.222. The molecule has 3 rings (SSSR count). The molecule has 4 nitrogen and oxygen atoms in total. The van der Waals surface area contributed by atoms with Gasteiger partial charge in [0, 0.05) is 19.0 Å². The van der Waals surface area contributed by atoms with Gasteiger partial charge in [0.1, 0.15) is 6.04 Å². The Balaban J connectivity index is 2.08. The average molecular weight is 294 g/mol. The first kappa shape index (κ1) is 14.3. The lowest BCUT2D eigenvalue weighted by molar-refractivity contribution is -0.123. The summed E-state index contributed by atoms with van der Waals surface area (Å²) in [6.07, 6.45) is 0.961. The monoisotopic (exact) mass is 294 g/mol. The molecule has 1 aliphatic heterocycles. The van der Waals surface area contributed by atoms with Crippen molar-refractivity contribution >= 4 is 17.5 Å². The molecule has 1 heterocycles. The Labute approximate surface area is 129 Å². The van der Waals surface area contributed by atoms with E-state index in [0.29, 0.717) is 12.8 Å². The molecule has 112 valence electrons. The smallest absolute Gasteiger partial charge is 0.242 e. The number of hydrogen-bond acceptors (Lipinski definition) is 2. The maximum atomic E-state index is 12.3. The minimum absolute atomic E-state index is 0.00280. The highest BCUT2D eigenvalue weighted by molar-refractivity contribution is 6.06. The highest BCUT2D eigenvalue weighted by atomic mass is 16.2. The predicted octanol–water partition coefficient (Wildman–Crippen LogP) is 2.59. The van der Waals surface area contributed by atoms with Crippen molar-refractivity contribution < 1.29 is 9.59 Å². The van der Waals surface area contributed by atoms with Crippen LogP contribution < -0.4 is 10.2 Å². The molecule has 4 heteroatoms. The van der Waals surface area contributed by atoms with Gasteiger partial charge in [-0.25, -0.2) is 0 Å². The van der Waals surface area contributed by atoms with Gasteiger partial charge in [0.2, 0.25) is 11.8 Å². The summed E-state index contributed by atoms with van der Waals surface area (Å²) in [5.74, 6) is -0.120. The molecule has 0 saturated carbocycles. The van der Waals surface area contributed by atoms with Gasteiger partial charge in [-0.3, -0.25) is 14.5 Å². The highest BCUT2D eigenvalue weighted by Gasteiger charge is 2.37. The number of likely N-dealkylation sites (N-methyl/N-ethyl adjacent to an activating group) is 1. The highest BCUT2D eigenvalue weighted by Crippen LogP contribution is 2.35. The first-order chi connectivity index (χ1) is 10.7. The molecule has 1 N–H and O–H groups in total. The number of hydrogen-bond donors (Lipinski definition) is 1. The van der Waals surface area contributed by atoms with Gasteiger partial charge in [-0.2, -0.15) is 0 Å². The fourth-order valence-electron chi connectivity index (χ4n) is 2.95. The van der Waals surface area contributed by atoms with Gasteiger partial charge in [-0.1, -0.05) is 48.5 Å². The minimum atomic E-state index is -0.428. The lowest BCUT2D eigenvalue weighted by atomic mass is 10.0. The van der Waals surface area contributed by atoms with Crippen molar-refractivity contribution in [2.45, 2.75) is 18.9 Å². The van der Waals surface area contributed by atoms with Crippen molar-refractivity contribution in [3.05, 3.63) is 54.6 Å². The molecule has 22 heavy (non-hydrogen) atoms. The molecular weight excluding hydrogens is 276 g/mol. The number of amides is 2. The van der Waals surface area contributed by atoms with Crippen LogP contribution in [0.2, 0.25) is 0 Å². The zero-order valence-corrected chi connectivity index (χ0v) is 12.5. The van der Waals surface area contributed by atoms with Crippen molar-refractivity contribution in [2.75, 3.05) is 11.9 Å². The summed E-state index contributed by atoms with van der Waals surface area (Å²) in [4.78, 5) is 26.1. The molecule has 0 radical (unpaired) electrons. The molecule has 2 amide bonds. The number of anilines is 1. The summed E-state index contributed by atoms with van der Waals surface area (Å²) in [5.41, 5.74) is 2.80. The van der Waals surface area contributed by atoms with E-state index >= 15 is 0 Å². The molecule has 1 aliphatic rings. The van der Waals surface area contributed by atoms with Gasteiger partial charge in [0.05, 0.1) is 5.69 Å². The van der Waals surface area contributed by atoms with Crippen LogP contribution >= 0.6 is 0 Å². The maximum Gasteiger partial charge on any atom is 0.242 e. The second kappa shape index (κ2) is 6.02. The first-order valence-electron chi connectivity index (χ1n) is 7.40. The summed E-state index contributed by atoms with van der Waals surface area (Å²) in [6.45, 7) is 0. The van der Waals surface area contributed by atoms with Gasteiger partial charge >= 0.3 is 0 Å². The third-order valence-corrected chi connectivity index (χ3v) is 4.01. The van der Waals surface area contributed by atoms with Crippen molar-refractivity contribution in [3.8, 4) is 11.1 Å². The van der Waals surface area contributed by atoms with Crippen molar-refractivity contribution in [1.29, 1.82) is 0 Å².